The molecule has 1 fully saturated rings. The van der Waals surface area contributed by atoms with Crippen LogP contribution >= 0.6 is 0 Å². The molecule has 0 amide bonds. The van der Waals surface area contributed by atoms with Crippen LogP contribution in [0.2, 0.25) is 0 Å². The first kappa shape index (κ1) is 8.97. The third kappa shape index (κ3) is 2.43. The van der Waals surface area contributed by atoms with Gasteiger partial charge in [0.05, 0.1) is 0 Å². The Bertz CT molecular complexity index is 95.5. The maximum absolute atomic E-state index is 5.34. The molecular formula is C8H16O3. The van der Waals surface area contributed by atoms with E-state index in [0.29, 0.717) is 13.2 Å². The number of rotatable bonds is 5. The van der Waals surface area contributed by atoms with E-state index in [0.717, 1.165) is 13.0 Å². The fraction of sp³-hybridized carbons (Fsp3) is 1.00. The molecule has 0 saturated carbocycles. The van der Waals surface area contributed by atoms with Crippen LogP contribution in [-0.4, -0.2) is 32.2 Å². The minimum absolute atomic E-state index is 0.140. The van der Waals surface area contributed by atoms with E-state index in [2.05, 4.69) is 0 Å². The molecule has 3 nitrogen and oxygen atoms in total. The molecule has 1 unspecified atom stereocenters. The van der Waals surface area contributed by atoms with E-state index in [4.69, 9.17) is 14.2 Å². The van der Waals surface area contributed by atoms with Gasteiger partial charge in [0.25, 0.3) is 0 Å². The summed E-state index contributed by atoms with van der Waals surface area (Å²) in [4.78, 5) is 0. The van der Waals surface area contributed by atoms with Gasteiger partial charge in [0.15, 0.2) is 6.29 Å². The van der Waals surface area contributed by atoms with Crippen LogP contribution in [0.25, 0.3) is 0 Å². The number of ether oxygens (including phenoxy) is 3. The molecule has 11 heavy (non-hydrogen) atoms. The van der Waals surface area contributed by atoms with Crippen LogP contribution < -0.4 is 0 Å². The lowest BCUT2D eigenvalue weighted by Gasteiger charge is -2.33. The van der Waals surface area contributed by atoms with Crippen molar-refractivity contribution >= 4 is 0 Å². The van der Waals surface area contributed by atoms with Crippen LogP contribution in [-0.2, 0) is 14.2 Å². The molecule has 0 aromatic carbocycles. The average molecular weight is 160 g/mol. The first-order valence-corrected chi connectivity index (χ1v) is 4.23. The zero-order chi connectivity index (χ0) is 8.10. The molecule has 0 N–H and O–H groups in total. The third-order valence-corrected chi connectivity index (χ3v) is 1.70. The molecule has 1 aliphatic rings. The van der Waals surface area contributed by atoms with Crippen molar-refractivity contribution in [2.24, 2.45) is 0 Å². The number of hydrogen-bond acceptors (Lipinski definition) is 3. The van der Waals surface area contributed by atoms with Gasteiger partial charge in [-0.25, -0.2) is 0 Å². The highest BCUT2D eigenvalue weighted by Gasteiger charge is 2.28. The van der Waals surface area contributed by atoms with Crippen molar-refractivity contribution in [3.8, 4) is 0 Å². The van der Waals surface area contributed by atoms with E-state index in [1.54, 1.807) is 0 Å². The maximum atomic E-state index is 5.34. The summed E-state index contributed by atoms with van der Waals surface area (Å²) in [6, 6.07) is 0. The summed E-state index contributed by atoms with van der Waals surface area (Å²) in [6.45, 7) is 6.14. The second-order valence-corrected chi connectivity index (χ2v) is 2.48. The van der Waals surface area contributed by atoms with E-state index < -0.39 is 0 Å². The minimum atomic E-state index is -0.140. The number of hydrogen-bond donors (Lipinski definition) is 0. The average Bonchev–Trinajstić information content (AvgIpc) is 1.85. The maximum Gasteiger partial charge on any atom is 0.183 e. The second kappa shape index (κ2) is 4.70. The van der Waals surface area contributed by atoms with Crippen LogP contribution in [0.15, 0.2) is 0 Å². The van der Waals surface area contributed by atoms with E-state index in [-0.39, 0.29) is 12.4 Å². The Morgan fingerprint density at radius 1 is 1.36 bits per heavy atom. The molecule has 1 saturated heterocycles. The molecule has 1 aliphatic heterocycles. The molecule has 66 valence electrons. The molecular weight excluding hydrogens is 144 g/mol. The van der Waals surface area contributed by atoms with Crippen molar-refractivity contribution in [3.63, 3.8) is 0 Å². The second-order valence-electron chi connectivity index (χ2n) is 2.48. The van der Waals surface area contributed by atoms with Crippen LogP contribution in [0.3, 0.4) is 0 Å². The summed E-state index contributed by atoms with van der Waals surface area (Å²) in [5.41, 5.74) is 0. The quantitative estimate of drug-likeness (QED) is 0.565. The van der Waals surface area contributed by atoms with Crippen LogP contribution in [0.4, 0.5) is 0 Å². The molecule has 1 heterocycles. The lowest BCUT2D eigenvalue weighted by atomic mass is 10.2. The lowest BCUT2D eigenvalue weighted by Crippen LogP contribution is -2.41. The van der Waals surface area contributed by atoms with Gasteiger partial charge in [0.2, 0.25) is 0 Å². The molecule has 0 bridgehead atoms. The molecule has 0 aliphatic carbocycles. The molecule has 3 heteroatoms. The van der Waals surface area contributed by atoms with Gasteiger partial charge in [0.1, 0.15) is 6.10 Å². The first-order valence-electron chi connectivity index (χ1n) is 4.23. The van der Waals surface area contributed by atoms with Crippen LogP contribution in [0, 0.1) is 0 Å². The van der Waals surface area contributed by atoms with Crippen molar-refractivity contribution in [1.82, 2.24) is 0 Å². The Morgan fingerprint density at radius 3 is 2.18 bits per heavy atom. The van der Waals surface area contributed by atoms with Crippen LogP contribution in [0.1, 0.15) is 20.3 Å². The van der Waals surface area contributed by atoms with Gasteiger partial charge in [-0.05, 0) is 13.8 Å². The summed E-state index contributed by atoms with van der Waals surface area (Å²) in [5, 5.41) is 0. The van der Waals surface area contributed by atoms with Gasteiger partial charge in [-0.3, -0.25) is 0 Å². The van der Waals surface area contributed by atoms with Crippen molar-refractivity contribution in [2.45, 2.75) is 32.7 Å². The molecule has 0 aromatic heterocycles. The predicted molar refractivity (Wildman–Crippen MR) is 41.4 cm³/mol. The topological polar surface area (TPSA) is 27.7 Å². The van der Waals surface area contributed by atoms with E-state index in [1.807, 2.05) is 13.8 Å². The fourth-order valence-corrected chi connectivity index (χ4v) is 1.06. The summed E-state index contributed by atoms with van der Waals surface area (Å²) in [7, 11) is 0. The summed E-state index contributed by atoms with van der Waals surface area (Å²) in [6.07, 6.45) is 1.10. The monoisotopic (exact) mass is 160 g/mol. The highest BCUT2D eigenvalue weighted by Crippen LogP contribution is 2.18. The SMILES string of the molecule is CCOC(OCC)C1CCO1. The Labute approximate surface area is 67.6 Å². The van der Waals surface area contributed by atoms with Gasteiger partial charge in [-0.2, -0.15) is 0 Å². The van der Waals surface area contributed by atoms with Gasteiger partial charge < -0.3 is 14.2 Å². The largest absolute Gasteiger partial charge is 0.373 e. The van der Waals surface area contributed by atoms with E-state index in [1.165, 1.54) is 0 Å². The van der Waals surface area contributed by atoms with Crippen molar-refractivity contribution in [2.75, 3.05) is 19.8 Å². The Hall–Kier alpha value is -0.120. The molecule has 1 rings (SSSR count). The standard InChI is InChI=1S/C8H16O3/c1-3-9-8(10-4-2)7-5-6-11-7/h7-8H,3-6H2,1-2H3. The Morgan fingerprint density at radius 2 is 1.91 bits per heavy atom. The molecule has 0 radical (unpaired) electrons. The molecule has 0 spiro atoms. The van der Waals surface area contributed by atoms with Crippen molar-refractivity contribution < 1.29 is 14.2 Å². The van der Waals surface area contributed by atoms with Crippen LogP contribution in [0.5, 0.6) is 0 Å². The van der Waals surface area contributed by atoms with Crippen molar-refractivity contribution in [3.05, 3.63) is 0 Å². The van der Waals surface area contributed by atoms with Gasteiger partial charge in [-0.1, -0.05) is 0 Å². The lowest BCUT2D eigenvalue weighted by molar-refractivity contribution is -0.238. The molecule has 1 atom stereocenters. The Balaban J connectivity index is 2.19. The zero-order valence-electron chi connectivity index (χ0n) is 7.21. The predicted octanol–water partition coefficient (Wildman–Crippen LogP) is 1.17. The third-order valence-electron chi connectivity index (χ3n) is 1.70. The minimum Gasteiger partial charge on any atom is -0.373 e. The van der Waals surface area contributed by atoms with Gasteiger partial charge in [0, 0.05) is 26.2 Å². The van der Waals surface area contributed by atoms with E-state index >= 15 is 0 Å². The molecule has 0 aromatic rings. The first-order chi connectivity index (χ1) is 5.38. The normalized spacial score (nSPS) is 23.7. The highest BCUT2D eigenvalue weighted by atomic mass is 16.7. The van der Waals surface area contributed by atoms with E-state index in [9.17, 15) is 0 Å². The van der Waals surface area contributed by atoms with Gasteiger partial charge in [-0.15, -0.1) is 0 Å². The fourth-order valence-electron chi connectivity index (χ4n) is 1.06. The zero-order valence-corrected chi connectivity index (χ0v) is 7.21. The van der Waals surface area contributed by atoms with Gasteiger partial charge >= 0.3 is 0 Å². The highest BCUT2D eigenvalue weighted by molar-refractivity contribution is 4.70. The smallest absolute Gasteiger partial charge is 0.183 e. The summed E-state index contributed by atoms with van der Waals surface area (Å²) >= 11 is 0. The van der Waals surface area contributed by atoms with Crippen molar-refractivity contribution in [1.29, 1.82) is 0 Å². The summed E-state index contributed by atoms with van der Waals surface area (Å²) < 4.78 is 15.9. The Kier molecular flexibility index (Phi) is 3.83. The summed E-state index contributed by atoms with van der Waals surface area (Å²) in [5.74, 6) is 0.